The molecule has 1 aromatic heterocycles. The molecule has 0 bridgehead atoms. The number of amides is 3. The lowest BCUT2D eigenvalue weighted by Crippen LogP contribution is -2.50. The third-order valence-corrected chi connectivity index (χ3v) is 7.80. The minimum absolute atomic E-state index is 0.00723. The molecule has 0 saturated carbocycles. The van der Waals surface area contributed by atoms with Crippen LogP contribution in [0, 0.1) is 11.7 Å². The predicted molar refractivity (Wildman–Crippen MR) is 163 cm³/mol. The largest absolute Gasteiger partial charge is 0.383 e. The third-order valence-electron chi connectivity index (χ3n) is 7.80. The predicted octanol–water partition coefficient (Wildman–Crippen LogP) is 4.20. The molecular formula is C33H40FN5O4. The van der Waals surface area contributed by atoms with Crippen LogP contribution in [0.5, 0.6) is 0 Å². The number of nitrogens with two attached hydrogens (primary N) is 1. The van der Waals surface area contributed by atoms with E-state index >= 15 is 0 Å². The lowest BCUT2D eigenvalue weighted by molar-refractivity contribution is -0.119. The third kappa shape index (κ3) is 8.92. The smallest absolute Gasteiger partial charge is 0.270 e. The highest BCUT2D eigenvalue weighted by Gasteiger charge is 2.29. The first-order chi connectivity index (χ1) is 20.7. The number of aromatic nitrogens is 1. The first-order valence-electron chi connectivity index (χ1n) is 14.7. The van der Waals surface area contributed by atoms with Gasteiger partial charge in [0.2, 0.25) is 5.91 Å². The van der Waals surface area contributed by atoms with Crippen molar-refractivity contribution in [3.05, 3.63) is 95.6 Å². The van der Waals surface area contributed by atoms with E-state index in [9.17, 15) is 18.8 Å². The maximum absolute atomic E-state index is 13.5. The van der Waals surface area contributed by atoms with Gasteiger partial charge in [-0.1, -0.05) is 37.3 Å². The quantitative estimate of drug-likeness (QED) is 0.291. The van der Waals surface area contributed by atoms with E-state index in [1.54, 1.807) is 20.1 Å². The highest BCUT2D eigenvalue weighted by atomic mass is 19.1. The number of rotatable bonds is 12. The molecule has 4 rings (SSSR count). The van der Waals surface area contributed by atoms with Crippen molar-refractivity contribution in [3.63, 3.8) is 0 Å². The lowest BCUT2D eigenvalue weighted by Gasteiger charge is -2.35. The Kier molecular flexibility index (Phi) is 11.4. The van der Waals surface area contributed by atoms with Crippen molar-refractivity contribution < 1.29 is 23.5 Å². The van der Waals surface area contributed by atoms with Crippen LogP contribution in [0.25, 0.3) is 0 Å². The van der Waals surface area contributed by atoms with Gasteiger partial charge in [-0.3, -0.25) is 19.4 Å². The number of nitrogens with one attached hydrogen (secondary N) is 2. The zero-order valence-electron chi connectivity index (χ0n) is 24.7. The normalized spacial score (nSPS) is 17.0. The molecule has 2 heterocycles. The lowest BCUT2D eigenvalue weighted by atomic mass is 9.92. The van der Waals surface area contributed by atoms with E-state index in [1.807, 2.05) is 35.2 Å². The van der Waals surface area contributed by atoms with Crippen LogP contribution in [0.1, 0.15) is 59.0 Å². The molecule has 10 heteroatoms. The van der Waals surface area contributed by atoms with Gasteiger partial charge in [-0.2, -0.15) is 0 Å². The Bertz CT molecular complexity index is 1370. The Morgan fingerprint density at radius 3 is 2.56 bits per heavy atom. The summed E-state index contributed by atoms with van der Waals surface area (Å²) in [6, 6.07) is 17.2. The van der Waals surface area contributed by atoms with Gasteiger partial charge in [0.05, 0.1) is 12.6 Å². The van der Waals surface area contributed by atoms with E-state index < -0.39 is 29.7 Å². The highest BCUT2D eigenvalue weighted by Crippen LogP contribution is 2.21. The molecule has 0 spiro atoms. The van der Waals surface area contributed by atoms with Crippen LogP contribution in [0.15, 0.2) is 72.9 Å². The molecule has 43 heavy (non-hydrogen) atoms. The number of nitrogens with zero attached hydrogens (tertiary/aromatic N) is 2. The molecule has 1 aliphatic heterocycles. The summed E-state index contributed by atoms with van der Waals surface area (Å²) in [4.78, 5) is 45.8. The molecule has 0 aliphatic carbocycles. The maximum Gasteiger partial charge on any atom is 0.270 e. The summed E-state index contributed by atoms with van der Waals surface area (Å²) in [5, 5.41) is 5.79. The van der Waals surface area contributed by atoms with Gasteiger partial charge in [0.15, 0.2) is 0 Å². The molecule has 1 aliphatic rings. The Morgan fingerprint density at radius 2 is 1.84 bits per heavy atom. The minimum Gasteiger partial charge on any atom is -0.383 e. The fourth-order valence-electron chi connectivity index (χ4n) is 5.39. The topological polar surface area (TPSA) is 127 Å². The minimum atomic E-state index is -0.578. The van der Waals surface area contributed by atoms with Gasteiger partial charge < -0.3 is 26.0 Å². The van der Waals surface area contributed by atoms with Crippen LogP contribution in [0.4, 0.5) is 10.1 Å². The Balaban J connectivity index is 1.46. The van der Waals surface area contributed by atoms with E-state index in [4.69, 9.17) is 10.5 Å². The van der Waals surface area contributed by atoms with Crippen LogP contribution in [-0.2, 0) is 16.0 Å². The van der Waals surface area contributed by atoms with Crippen molar-refractivity contribution in [1.82, 2.24) is 15.2 Å². The Hall–Kier alpha value is -4.15. The van der Waals surface area contributed by atoms with Gasteiger partial charge in [0.25, 0.3) is 11.8 Å². The number of pyridine rings is 1. The van der Waals surface area contributed by atoms with Gasteiger partial charge in [0.1, 0.15) is 11.5 Å². The van der Waals surface area contributed by atoms with E-state index in [2.05, 4.69) is 15.6 Å². The summed E-state index contributed by atoms with van der Waals surface area (Å²) in [6.45, 7) is 2.86. The summed E-state index contributed by atoms with van der Waals surface area (Å²) in [6.07, 6.45) is 5.02. The zero-order valence-corrected chi connectivity index (χ0v) is 24.7. The van der Waals surface area contributed by atoms with Crippen LogP contribution >= 0.6 is 0 Å². The van der Waals surface area contributed by atoms with E-state index in [0.29, 0.717) is 30.8 Å². The monoisotopic (exact) mass is 589 g/mol. The molecular weight excluding hydrogens is 549 g/mol. The van der Waals surface area contributed by atoms with Crippen LogP contribution in [0.2, 0.25) is 0 Å². The molecule has 0 radical (unpaired) electrons. The summed E-state index contributed by atoms with van der Waals surface area (Å²) in [5.74, 6) is -1.75. The number of hydrogen-bond acceptors (Lipinski definition) is 6. The molecule has 228 valence electrons. The molecule has 1 saturated heterocycles. The molecule has 3 aromatic rings. The molecule has 4 atom stereocenters. The van der Waals surface area contributed by atoms with Gasteiger partial charge in [-0.05, 0) is 74.1 Å². The fourth-order valence-corrected chi connectivity index (χ4v) is 5.39. The van der Waals surface area contributed by atoms with Crippen molar-refractivity contribution in [1.29, 1.82) is 0 Å². The number of likely N-dealkylation sites (tertiary alicyclic amines) is 1. The average molecular weight is 590 g/mol. The number of methoxy groups -OCH3 is 1. The fraction of sp³-hybridized carbons (Fsp3) is 0.394. The first kappa shape index (κ1) is 31.8. The van der Waals surface area contributed by atoms with Crippen molar-refractivity contribution in [2.45, 2.75) is 57.2 Å². The van der Waals surface area contributed by atoms with E-state index in [0.717, 1.165) is 24.8 Å². The van der Waals surface area contributed by atoms with Gasteiger partial charge in [-0.25, -0.2) is 4.39 Å². The molecule has 1 fully saturated rings. The second-order valence-electron chi connectivity index (χ2n) is 11.1. The average Bonchev–Trinajstić information content (AvgIpc) is 3.02. The summed E-state index contributed by atoms with van der Waals surface area (Å²) in [7, 11) is 1.63. The van der Waals surface area contributed by atoms with Crippen molar-refractivity contribution in [3.8, 4) is 0 Å². The highest BCUT2D eigenvalue weighted by molar-refractivity contribution is 5.98. The second-order valence-corrected chi connectivity index (χ2v) is 11.1. The van der Waals surface area contributed by atoms with Gasteiger partial charge in [0, 0.05) is 49.1 Å². The van der Waals surface area contributed by atoms with Crippen LogP contribution in [-0.4, -0.2) is 66.0 Å². The second kappa shape index (κ2) is 15.4. The molecule has 9 nitrogen and oxygen atoms in total. The number of anilines is 1. The van der Waals surface area contributed by atoms with Crippen molar-refractivity contribution in [2.24, 2.45) is 11.7 Å². The number of halogens is 1. The number of hydrogen-bond donors (Lipinski definition) is 3. The maximum atomic E-state index is 13.5. The van der Waals surface area contributed by atoms with Gasteiger partial charge >= 0.3 is 0 Å². The Morgan fingerprint density at radius 1 is 1.09 bits per heavy atom. The summed E-state index contributed by atoms with van der Waals surface area (Å²) in [5.41, 5.74) is 8.58. The first-order valence-corrected chi connectivity index (χ1v) is 14.7. The number of carbonyl (C=O) groups excluding carboxylic acids is 3. The number of carbonyl (C=O) groups is 3. The molecule has 3 amide bonds. The number of ether oxygens (including phenoxy) is 1. The molecule has 4 N–H and O–H groups in total. The molecule has 1 unspecified atom stereocenters. The summed E-state index contributed by atoms with van der Waals surface area (Å²) >= 11 is 0. The Labute approximate surface area is 252 Å². The van der Waals surface area contributed by atoms with Crippen molar-refractivity contribution >= 4 is 23.4 Å². The molecule has 2 aromatic carbocycles. The standard InChI is InChI=1S/C33H40FN5O4/c1-22(31(40)37-26-13-11-25(34)12-14-26)18-28(35)29(19-23-8-4-3-5-9-23)38-32(41)30-20-24(15-16-36-30)33(42)39-17-7-6-10-27(39)21-43-2/h3-5,8-9,11-16,20,22,27-29H,6-7,10,17-19,21,35H2,1-2H3,(H,37,40)(H,38,41)/t22-,27?,28+,29+/m1/s1. The van der Waals surface area contributed by atoms with Crippen LogP contribution < -0.4 is 16.4 Å². The van der Waals surface area contributed by atoms with Crippen LogP contribution in [0.3, 0.4) is 0 Å². The number of benzene rings is 2. The zero-order chi connectivity index (χ0) is 30.8. The van der Waals surface area contributed by atoms with Gasteiger partial charge in [-0.15, -0.1) is 0 Å². The number of piperidine rings is 1. The summed E-state index contributed by atoms with van der Waals surface area (Å²) < 4.78 is 18.6. The van der Waals surface area contributed by atoms with E-state index in [1.165, 1.54) is 36.5 Å². The van der Waals surface area contributed by atoms with Crippen molar-refractivity contribution in [2.75, 3.05) is 25.6 Å². The SMILES string of the molecule is COCC1CCCCN1C(=O)c1ccnc(C(=O)N[C@@H](Cc2ccccc2)[C@@H](N)C[C@@H](C)C(=O)Nc2ccc(F)cc2)c1. The van der Waals surface area contributed by atoms with E-state index in [-0.39, 0.29) is 30.0 Å².